The van der Waals surface area contributed by atoms with E-state index in [0.717, 1.165) is 40.7 Å². The number of rotatable bonds is 9. The molecule has 1 N–H and O–H groups in total. The number of Topliss-reactive ketones (excluding diaryl/α,β-unsaturated/α-hetero) is 1. The molecular formula is C26H30N4O3S. The second-order valence-corrected chi connectivity index (χ2v) is 9.46. The predicted octanol–water partition coefficient (Wildman–Crippen LogP) is 5.07. The van der Waals surface area contributed by atoms with E-state index in [0.29, 0.717) is 23.9 Å². The van der Waals surface area contributed by atoms with Crippen LogP contribution in [0.25, 0.3) is 11.4 Å². The van der Waals surface area contributed by atoms with Crippen molar-refractivity contribution in [3.63, 3.8) is 0 Å². The Hall–Kier alpha value is -3.13. The van der Waals surface area contributed by atoms with E-state index in [1.165, 1.54) is 37.9 Å². The van der Waals surface area contributed by atoms with Crippen molar-refractivity contribution in [3.05, 3.63) is 59.7 Å². The predicted molar refractivity (Wildman–Crippen MR) is 133 cm³/mol. The van der Waals surface area contributed by atoms with Crippen LogP contribution in [0.2, 0.25) is 0 Å². The Morgan fingerprint density at radius 2 is 1.74 bits per heavy atom. The Morgan fingerprint density at radius 1 is 1.03 bits per heavy atom. The number of benzene rings is 2. The van der Waals surface area contributed by atoms with Crippen molar-refractivity contribution in [1.82, 2.24) is 20.1 Å². The van der Waals surface area contributed by atoms with Gasteiger partial charge in [0, 0.05) is 30.6 Å². The summed E-state index contributed by atoms with van der Waals surface area (Å²) in [6, 6.07) is 15.6. The number of methoxy groups -OCH3 is 1. The molecule has 1 aliphatic rings. The van der Waals surface area contributed by atoms with Crippen molar-refractivity contribution in [2.24, 2.45) is 0 Å². The maximum absolute atomic E-state index is 12.9. The first-order chi connectivity index (χ1) is 16.5. The van der Waals surface area contributed by atoms with Crippen molar-refractivity contribution < 1.29 is 14.3 Å². The van der Waals surface area contributed by atoms with E-state index in [9.17, 15) is 9.59 Å². The number of thioether (sulfide) groups is 1. The van der Waals surface area contributed by atoms with E-state index in [-0.39, 0.29) is 11.7 Å². The minimum atomic E-state index is -0.0763. The number of nitrogens with zero attached hydrogens (tertiary/aromatic N) is 3. The molecule has 3 aromatic rings. The fourth-order valence-corrected chi connectivity index (χ4v) is 5.13. The molecule has 0 spiro atoms. The van der Waals surface area contributed by atoms with Crippen molar-refractivity contribution in [2.75, 3.05) is 12.9 Å². The minimum absolute atomic E-state index is 0.0419. The molecule has 0 saturated heterocycles. The van der Waals surface area contributed by atoms with Crippen LogP contribution < -0.4 is 10.1 Å². The third kappa shape index (κ3) is 5.86. The molecule has 2 aromatic carbocycles. The number of ketones is 1. The van der Waals surface area contributed by atoms with Gasteiger partial charge in [0.2, 0.25) is 5.91 Å². The fraction of sp³-hybridized carbons (Fsp3) is 0.385. The highest BCUT2D eigenvalue weighted by Gasteiger charge is 2.24. The number of hydrogen-bond donors (Lipinski definition) is 1. The highest BCUT2D eigenvalue weighted by atomic mass is 32.2. The first-order valence-electron chi connectivity index (χ1n) is 11.6. The zero-order chi connectivity index (χ0) is 23.9. The van der Waals surface area contributed by atoms with Crippen molar-refractivity contribution in [1.29, 1.82) is 0 Å². The molecule has 0 bridgehead atoms. The van der Waals surface area contributed by atoms with Gasteiger partial charge in [0.15, 0.2) is 16.8 Å². The lowest BCUT2D eigenvalue weighted by molar-refractivity contribution is -0.119. The standard InChI is InChI=1S/C26H30N4O3S/c1-18(31)27-16-19-8-10-20(11-9-19)24(32)17-34-26-29-28-25(21-12-14-23(33-2)15-13-21)30(26)22-6-4-3-5-7-22/h8-15,22H,3-7,16-17H2,1-2H3,(H,27,31). The van der Waals surface area contributed by atoms with Crippen LogP contribution in [-0.2, 0) is 11.3 Å². The molecule has 0 aliphatic heterocycles. The van der Waals surface area contributed by atoms with Crippen LogP contribution in [0.1, 0.15) is 61.0 Å². The minimum Gasteiger partial charge on any atom is -0.497 e. The second-order valence-electron chi connectivity index (χ2n) is 8.52. The SMILES string of the molecule is COc1ccc(-c2nnc(SCC(=O)c3ccc(CNC(C)=O)cc3)n2C2CCCCC2)cc1. The topological polar surface area (TPSA) is 86.1 Å². The largest absolute Gasteiger partial charge is 0.497 e. The summed E-state index contributed by atoms with van der Waals surface area (Å²) in [6.07, 6.45) is 5.84. The zero-order valence-corrected chi connectivity index (χ0v) is 20.4. The van der Waals surface area contributed by atoms with Gasteiger partial charge < -0.3 is 10.1 Å². The van der Waals surface area contributed by atoms with Gasteiger partial charge in [-0.1, -0.05) is 55.3 Å². The molecular weight excluding hydrogens is 448 g/mol. The molecule has 34 heavy (non-hydrogen) atoms. The van der Waals surface area contributed by atoms with E-state index in [4.69, 9.17) is 4.74 Å². The highest BCUT2D eigenvalue weighted by Crippen LogP contribution is 2.36. The molecule has 4 rings (SSSR count). The molecule has 1 heterocycles. The third-order valence-corrected chi connectivity index (χ3v) is 7.05. The summed E-state index contributed by atoms with van der Waals surface area (Å²) in [7, 11) is 1.65. The van der Waals surface area contributed by atoms with Crippen LogP contribution in [0.15, 0.2) is 53.7 Å². The number of carbonyl (C=O) groups excluding carboxylic acids is 2. The van der Waals surface area contributed by atoms with Gasteiger partial charge in [-0.2, -0.15) is 0 Å². The van der Waals surface area contributed by atoms with E-state index in [1.54, 1.807) is 7.11 Å². The number of amides is 1. The molecule has 1 saturated carbocycles. The molecule has 0 atom stereocenters. The van der Waals surface area contributed by atoms with Crippen LogP contribution >= 0.6 is 11.8 Å². The molecule has 0 radical (unpaired) electrons. The summed E-state index contributed by atoms with van der Waals surface area (Å²) in [4.78, 5) is 24.0. The number of aromatic nitrogens is 3. The Morgan fingerprint density at radius 3 is 2.38 bits per heavy atom. The molecule has 1 aliphatic carbocycles. The Balaban J connectivity index is 1.50. The average Bonchev–Trinajstić information content (AvgIpc) is 3.31. The first-order valence-corrected chi connectivity index (χ1v) is 12.6. The number of hydrogen-bond acceptors (Lipinski definition) is 6. The summed E-state index contributed by atoms with van der Waals surface area (Å²) >= 11 is 1.44. The van der Waals surface area contributed by atoms with Crippen molar-refractivity contribution in [3.8, 4) is 17.1 Å². The molecule has 178 valence electrons. The van der Waals surface area contributed by atoms with E-state index >= 15 is 0 Å². The van der Waals surface area contributed by atoms with Gasteiger partial charge in [-0.05, 0) is 42.7 Å². The quantitative estimate of drug-likeness (QED) is 0.341. The summed E-state index contributed by atoms with van der Waals surface area (Å²) in [5.74, 6) is 1.90. The lowest BCUT2D eigenvalue weighted by Crippen LogP contribution is -2.18. The van der Waals surface area contributed by atoms with Gasteiger partial charge in [-0.25, -0.2) is 0 Å². The van der Waals surface area contributed by atoms with Gasteiger partial charge >= 0.3 is 0 Å². The average molecular weight is 479 g/mol. The maximum Gasteiger partial charge on any atom is 0.217 e. The lowest BCUT2D eigenvalue weighted by atomic mass is 9.95. The maximum atomic E-state index is 12.9. The van der Waals surface area contributed by atoms with Crippen LogP contribution in [0.5, 0.6) is 5.75 Å². The van der Waals surface area contributed by atoms with Crippen LogP contribution in [0, 0.1) is 0 Å². The second kappa shape index (κ2) is 11.3. The van der Waals surface area contributed by atoms with E-state index < -0.39 is 0 Å². The molecule has 1 amide bonds. The Labute approximate surface area is 204 Å². The summed E-state index contributed by atoms with van der Waals surface area (Å²) < 4.78 is 7.52. The van der Waals surface area contributed by atoms with Crippen LogP contribution in [0.3, 0.4) is 0 Å². The summed E-state index contributed by atoms with van der Waals surface area (Å²) in [6.45, 7) is 1.94. The van der Waals surface area contributed by atoms with E-state index in [2.05, 4.69) is 20.1 Å². The molecule has 1 fully saturated rings. The Bertz CT molecular complexity index is 1120. The van der Waals surface area contributed by atoms with Gasteiger partial charge in [0.05, 0.1) is 12.9 Å². The monoisotopic (exact) mass is 478 g/mol. The first kappa shape index (κ1) is 24.0. The van der Waals surface area contributed by atoms with Crippen LogP contribution in [0.4, 0.5) is 0 Å². The zero-order valence-electron chi connectivity index (χ0n) is 19.6. The smallest absolute Gasteiger partial charge is 0.217 e. The van der Waals surface area contributed by atoms with Gasteiger partial charge in [0.1, 0.15) is 5.75 Å². The number of carbonyl (C=O) groups is 2. The number of ether oxygens (including phenoxy) is 1. The lowest BCUT2D eigenvalue weighted by Gasteiger charge is -2.25. The van der Waals surface area contributed by atoms with E-state index in [1.807, 2.05) is 48.5 Å². The molecule has 1 aromatic heterocycles. The van der Waals surface area contributed by atoms with Gasteiger partial charge in [-0.15, -0.1) is 10.2 Å². The van der Waals surface area contributed by atoms with Crippen LogP contribution in [-0.4, -0.2) is 39.3 Å². The summed E-state index contributed by atoms with van der Waals surface area (Å²) in [5.41, 5.74) is 2.60. The molecule has 7 nitrogen and oxygen atoms in total. The highest BCUT2D eigenvalue weighted by molar-refractivity contribution is 7.99. The summed E-state index contributed by atoms with van der Waals surface area (Å²) in [5, 5.41) is 12.6. The van der Waals surface area contributed by atoms with Crippen molar-refractivity contribution >= 4 is 23.5 Å². The Kier molecular flexibility index (Phi) is 8.00. The van der Waals surface area contributed by atoms with Gasteiger partial charge in [-0.3, -0.25) is 14.2 Å². The van der Waals surface area contributed by atoms with Gasteiger partial charge in [0.25, 0.3) is 0 Å². The molecule has 8 heteroatoms. The third-order valence-electron chi connectivity index (χ3n) is 6.10. The number of nitrogens with one attached hydrogen (secondary N) is 1. The fourth-order valence-electron chi connectivity index (χ4n) is 4.23. The normalized spacial score (nSPS) is 14.1. The molecule has 0 unspecified atom stereocenters. The van der Waals surface area contributed by atoms with Crippen molar-refractivity contribution in [2.45, 2.75) is 56.8 Å².